The van der Waals surface area contributed by atoms with Crippen LogP contribution in [0, 0.1) is 0 Å². The molecule has 3 N–H and O–H groups in total. The predicted molar refractivity (Wildman–Crippen MR) is 117 cm³/mol. The third kappa shape index (κ3) is 4.62. The van der Waals surface area contributed by atoms with Crippen molar-refractivity contribution in [1.29, 1.82) is 0 Å². The van der Waals surface area contributed by atoms with E-state index in [1.165, 1.54) is 28.6 Å². The smallest absolute Gasteiger partial charge is 0.269 e. The first-order valence-electron chi connectivity index (χ1n) is 10.2. The van der Waals surface area contributed by atoms with Crippen LogP contribution in [0.5, 0.6) is 0 Å². The predicted octanol–water partition coefficient (Wildman–Crippen LogP) is 2.35. The number of piperidine rings is 1. The Morgan fingerprint density at radius 2 is 1.74 bits per heavy atom. The number of nitrogens with one attached hydrogen (secondary N) is 3. The van der Waals surface area contributed by atoms with Gasteiger partial charge in [-0.2, -0.15) is 4.31 Å². The van der Waals surface area contributed by atoms with E-state index in [1.807, 2.05) is 24.3 Å². The van der Waals surface area contributed by atoms with E-state index in [0.717, 1.165) is 35.7 Å². The molecule has 2 heterocycles. The van der Waals surface area contributed by atoms with E-state index >= 15 is 0 Å². The molecule has 3 aromatic rings. The van der Waals surface area contributed by atoms with Gasteiger partial charge in [-0.3, -0.25) is 20.4 Å². The van der Waals surface area contributed by atoms with E-state index in [0.29, 0.717) is 13.1 Å². The Balaban J connectivity index is 1.39. The second kappa shape index (κ2) is 8.91. The summed E-state index contributed by atoms with van der Waals surface area (Å²) in [6.45, 7) is 0.977. The van der Waals surface area contributed by atoms with Crippen molar-refractivity contribution in [2.75, 3.05) is 13.1 Å². The monoisotopic (exact) mass is 440 g/mol. The van der Waals surface area contributed by atoms with Crippen LogP contribution in [0.25, 0.3) is 10.9 Å². The van der Waals surface area contributed by atoms with E-state index in [4.69, 9.17) is 0 Å². The van der Waals surface area contributed by atoms with Crippen LogP contribution >= 0.6 is 0 Å². The van der Waals surface area contributed by atoms with Gasteiger partial charge >= 0.3 is 0 Å². The first-order valence-corrected chi connectivity index (χ1v) is 11.6. The van der Waals surface area contributed by atoms with Crippen molar-refractivity contribution < 1.29 is 18.0 Å². The van der Waals surface area contributed by atoms with Gasteiger partial charge in [0.2, 0.25) is 15.9 Å². The quantitative estimate of drug-likeness (QED) is 0.529. The maximum Gasteiger partial charge on any atom is 0.269 e. The summed E-state index contributed by atoms with van der Waals surface area (Å²) in [4.78, 5) is 27.9. The molecule has 8 nitrogen and oxygen atoms in total. The van der Waals surface area contributed by atoms with Crippen LogP contribution in [0.15, 0.2) is 59.6 Å². The summed E-state index contributed by atoms with van der Waals surface area (Å²) in [5.74, 6) is -0.960. The lowest BCUT2D eigenvalue weighted by atomic mass is 10.1. The maximum absolute atomic E-state index is 12.8. The average Bonchev–Trinajstić information content (AvgIpc) is 3.21. The fourth-order valence-electron chi connectivity index (χ4n) is 3.75. The number of carbonyl (C=O) groups is 2. The summed E-state index contributed by atoms with van der Waals surface area (Å²) in [6.07, 6.45) is 4.55. The Labute approximate surface area is 180 Å². The molecule has 1 fully saturated rings. The molecule has 0 spiro atoms. The van der Waals surface area contributed by atoms with Crippen molar-refractivity contribution in [3.63, 3.8) is 0 Å². The van der Waals surface area contributed by atoms with Crippen molar-refractivity contribution in [3.8, 4) is 0 Å². The second-order valence-electron chi connectivity index (χ2n) is 7.53. The second-order valence-corrected chi connectivity index (χ2v) is 9.47. The summed E-state index contributed by atoms with van der Waals surface area (Å²) in [5, 5.41) is 0.944. The van der Waals surface area contributed by atoms with Gasteiger partial charge in [-0.1, -0.05) is 30.7 Å². The fourth-order valence-corrected chi connectivity index (χ4v) is 5.31. The molecule has 1 aliphatic heterocycles. The minimum Gasteiger partial charge on any atom is -0.361 e. The van der Waals surface area contributed by atoms with Crippen LogP contribution in [0.3, 0.4) is 0 Å². The number of H-pyrrole nitrogens is 1. The highest BCUT2D eigenvalue weighted by Gasteiger charge is 2.26. The van der Waals surface area contributed by atoms with E-state index in [1.54, 1.807) is 6.20 Å². The van der Waals surface area contributed by atoms with E-state index < -0.39 is 15.9 Å². The number of fused-ring (bicyclic) bond motifs is 1. The maximum atomic E-state index is 12.8. The zero-order chi connectivity index (χ0) is 21.8. The molecule has 1 aliphatic rings. The molecule has 1 aromatic heterocycles. The summed E-state index contributed by atoms with van der Waals surface area (Å²) in [6, 6.07) is 13.5. The van der Waals surface area contributed by atoms with E-state index in [2.05, 4.69) is 15.8 Å². The van der Waals surface area contributed by atoms with Gasteiger partial charge in [0, 0.05) is 35.8 Å². The molecule has 0 aliphatic carbocycles. The molecule has 9 heteroatoms. The largest absolute Gasteiger partial charge is 0.361 e. The van der Waals surface area contributed by atoms with Gasteiger partial charge in [-0.05, 0) is 42.7 Å². The third-order valence-electron chi connectivity index (χ3n) is 5.39. The minimum absolute atomic E-state index is 0.0761. The molecule has 31 heavy (non-hydrogen) atoms. The number of hydrogen-bond acceptors (Lipinski definition) is 4. The van der Waals surface area contributed by atoms with Crippen molar-refractivity contribution in [1.82, 2.24) is 20.1 Å². The number of hydrogen-bond donors (Lipinski definition) is 3. The number of benzene rings is 2. The summed E-state index contributed by atoms with van der Waals surface area (Å²) in [5.41, 5.74) is 6.66. The number of para-hydroxylation sites is 1. The Hall–Kier alpha value is -3.17. The van der Waals surface area contributed by atoms with Crippen LogP contribution in [-0.2, 0) is 21.2 Å². The van der Waals surface area contributed by atoms with Gasteiger partial charge in [0.05, 0.1) is 11.3 Å². The molecule has 4 rings (SSSR count). The molecule has 162 valence electrons. The van der Waals surface area contributed by atoms with Gasteiger partial charge in [0.15, 0.2) is 0 Å². The fraction of sp³-hybridized carbons (Fsp3) is 0.273. The zero-order valence-electron chi connectivity index (χ0n) is 16.9. The number of rotatable bonds is 5. The highest BCUT2D eigenvalue weighted by atomic mass is 32.2. The van der Waals surface area contributed by atoms with E-state index in [-0.39, 0.29) is 22.8 Å². The molecular formula is C22H24N4O4S. The highest BCUT2D eigenvalue weighted by molar-refractivity contribution is 7.89. The van der Waals surface area contributed by atoms with Crippen LogP contribution in [0.4, 0.5) is 0 Å². The van der Waals surface area contributed by atoms with Crippen LogP contribution in [0.2, 0.25) is 0 Å². The Morgan fingerprint density at radius 3 is 2.55 bits per heavy atom. The highest BCUT2D eigenvalue weighted by Crippen LogP contribution is 2.21. The van der Waals surface area contributed by atoms with Crippen molar-refractivity contribution in [2.24, 2.45) is 0 Å². The first-order chi connectivity index (χ1) is 14.9. The Kier molecular flexibility index (Phi) is 6.06. The topological polar surface area (TPSA) is 111 Å². The van der Waals surface area contributed by atoms with E-state index in [9.17, 15) is 18.0 Å². The number of aromatic nitrogens is 1. The zero-order valence-corrected chi connectivity index (χ0v) is 17.7. The molecular weight excluding hydrogens is 416 g/mol. The summed E-state index contributed by atoms with van der Waals surface area (Å²) >= 11 is 0. The lowest BCUT2D eigenvalue weighted by Gasteiger charge is -2.26. The van der Waals surface area contributed by atoms with Crippen molar-refractivity contribution >= 4 is 32.7 Å². The number of aromatic amines is 1. The molecule has 0 bridgehead atoms. The van der Waals surface area contributed by atoms with Gasteiger partial charge in [-0.15, -0.1) is 0 Å². The normalized spacial score (nSPS) is 15.0. The number of sulfonamides is 1. The molecule has 1 saturated heterocycles. The SMILES string of the molecule is O=C(Cc1c[nH]c2ccccc12)NNC(=O)c1cccc(S(=O)(=O)N2CCCCC2)c1. The number of amides is 2. The number of hydrazine groups is 1. The van der Waals surface area contributed by atoms with Crippen LogP contribution in [0.1, 0.15) is 35.2 Å². The molecule has 0 saturated carbocycles. The molecule has 2 amide bonds. The lowest BCUT2D eigenvalue weighted by molar-refractivity contribution is -0.121. The van der Waals surface area contributed by atoms with Crippen LogP contribution < -0.4 is 10.9 Å². The molecule has 2 aromatic carbocycles. The minimum atomic E-state index is -3.64. The molecule has 0 radical (unpaired) electrons. The van der Waals surface area contributed by atoms with Crippen LogP contribution in [-0.4, -0.2) is 42.6 Å². The van der Waals surface area contributed by atoms with Gasteiger partial charge in [-0.25, -0.2) is 8.42 Å². The summed E-state index contributed by atoms with van der Waals surface area (Å²) < 4.78 is 27.1. The molecule has 0 unspecified atom stereocenters. The Morgan fingerprint density at radius 1 is 0.968 bits per heavy atom. The third-order valence-corrected chi connectivity index (χ3v) is 7.29. The van der Waals surface area contributed by atoms with Gasteiger partial charge in [0.25, 0.3) is 5.91 Å². The van der Waals surface area contributed by atoms with Gasteiger partial charge in [0.1, 0.15) is 0 Å². The van der Waals surface area contributed by atoms with Crippen molar-refractivity contribution in [2.45, 2.75) is 30.6 Å². The molecule has 0 atom stereocenters. The number of carbonyl (C=O) groups excluding carboxylic acids is 2. The lowest BCUT2D eigenvalue weighted by Crippen LogP contribution is -2.42. The van der Waals surface area contributed by atoms with Crippen molar-refractivity contribution in [3.05, 3.63) is 65.9 Å². The van der Waals surface area contributed by atoms with Gasteiger partial charge < -0.3 is 4.98 Å². The standard InChI is InChI=1S/C22H24N4O4S/c27-21(14-17-15-23-20-10-3-2-9-19(17)20)24-25-22(28)16-7-6-8-18(13-16)31(29,30)26-11-4-1-5-12-26/h2-3,6-10,13,15,23H,1,4-5,11-12,14H2,(H,24,27)(H,25,28). The summed E-state index contributed by atoms with van der Waals surface area (Å²) in [7, 11) is -3.64. The first kappa shape index (κ1) is 21.1. The number of nitrogens with zero attached hydrogens (tertiary/aromatic N) is 1. The Bertz CT molecular complexity index is 1210. The average molecular weight is 441 g/mol.